The van der Waals surface area contributed by atoms with Crippen LogP contribution in [-0.2, 0) is 16.1 Å². The molecule has 0 radical (unpaired) electrons. The predicted octanol–water partition coefficient (Wildman–Crippen LogP) is 3.43. The largest absolute Gasteiger partial charge is 0.459 e. The molecule has 0 bridgehead atoms. The van der Waals surface area contributed by atoms with Crippen molar-refractivity contribution in [3.8, 4) is 0 Å². The van der Waals surface area contributed by atoms with Gasteiger partial charge in [-0.25, -0.2) is 4.79 Å². The average molecular weight is 336 g/mol. The topological polar surface area (TPSA) is 68.5 Å². The first-order valence-electron chi connectivity index (χ1n) is 7.23. The summed E-state index contributed by atoms with van der Waals surface area (Å²) in [7, 11) is 0. The van der Waals surface area contributed by atoms with Crippen molar-refractivity contribution >= 4 is 23.5 Å². The van der Waals surface area contributed by atoms with Crippen LogP contribution in [0.15, 0.2) is 47.1 Å². The molecule has 0 aliphatic heterocycles. The van der Waals surface area contributed by atoms with Crippen LogP contribution in [0.2, 0.25) is 5.02 Å². The number of halogens is 1. The number of amides is 1. The van der Waals surface area contributed by atoms with E-state index >= 15 is 0 Å². The fourth-order valence-corrected chi connectivity index (χ4v) is 2.07. The van der Waals surface area contributed by atoms with E-state index < -0.39 is 17.9 Å². The lowest BCUT2D eigenvalue weighted by Crippen LogP contribution is -2.45. The van der Waals surface area contributed by atoms with Crippen molar-refractivity contribution in [2.75, 3.05) is 0 Å². The Morgan fingerprint density at radius 3 is 2.48 bits per heavy atom. The van der Waals surface area contributed by atoms with E-state index in [-0.39, 0.29) is 18.3 Å². The average Bonchev–Trinajstić information content (AvgIpc) is 3.05. The zero-order chi connectivity index (χ0) is 16.8. The van der Waals surface area contributed by atoms with Crippen molar-refractivity contribution in [2.45, 2.75) is 26.5 Å². The molecule has 0 unspecified atom stereocenters. The number of ether oxygens (including phenoxy) is 1. The molecule has 1 heterocycles. The van der Waals surface area contributed by atoms with Crippen molar-refractivity contribution in [3.63, 3.8) is 0 Å². The van der Waals surface area contributed by atoms with E-state index in [1.807, 2.05) is 13.8 Å². The molecule has 1 amide bonds. The lowest BCUT2D eigenvalue weighted by atomic mass is 10.0. The van der Waals surface area contributed by atoms with Gasteiger partial charge in [0, 0.05) is 5.02 Å². The molecule has 0 saturated carbocycles. The maximum atomic E-state index is 12.2. The van der Waals surface area contributed by atoms with Gasteiger partial charge in [-0.15, -0.1) is 0 Å². The Morgan fingerprint density at radius 1 is 1.22 bits per heavy atom. The normalized spacial score (nSPS) is 12.0. The molecule has 122 valence electrons. The summed E-state index contributed by atoms with van der Waals surface area (Å²) in [5.41, 5.74) is 0.822. The lowest BCUT2D eigenvalue weighted by molar-refractivity contribution is -0.148. The summed E-state index contributed by atoms with van der Waals surface area (Å²) in [5, 5.41) is 3.25. The van der Waals surface area contributed by atoms with Crippen LogP contribution in [0.1, 0.15) is 30.0 Å². The minimum Gasteiger partial charge on any atom is -0.459 e. The van der Waals surface area contributed by atoms with E-state index in [0.717, 1.165) is 5.56 Å². The first-order valence-corrected chi connectivity index (χ1v) is 7.60. The Hall–Kier alpha value is -2.27. The number of nitrogens with one attached hydrogen (secondary N) is 1. The molecular formula is C17H18ClNO4. The molecule has 0 spiro atoms. The van der Waals surface area contributed by atoms with Gasteiger partial charge in [0.25, 0.3) is 5.91 Å². The van der Waals surface area contributed by atoms with Crippen LogP contribution in [0, 0.1) is 5.92 Å². The van der Waals surface area contributed by atoms with Gasteiger partial charge in [0.05, 0.1) is 6.26 Å². The van der Waals surface area contributed by atoms with E-state index in [9.17, 15) is 9.59 Å². The number of esters is 1. The second-order valence-corrected chi connectivity index (χ2v) is 5.84. The zero-order valence-corrected chi connectivity index (χ0v) is 13.7. The summed E-state index contributed by atoms with van der Waals surface area (Å²) in [5.74, 6) is -0.903. The Kier molecular flexibility index (Phi) is 5.82. The van der Waals surface area contributed by atoms with Gasteiger partial charge >= 0.3 is 5.97 Å². The summed E-state index contributed by atoms with van der Waals surface area (Å²) < 4.78 is 10.3. The lowest BCUT2D eigenvalue weighted by Gasteiger charge is -2.20. The van der Waals surface area contributed by atoms with E-state index in [1.54, 1.807) is 30.3 Å². The molecule has 1 N–H and O–H groups in total. The van der Waals surface area contributed by atoms with Crippen LogP contribution in [-0.4, -0.2) is 17.9 Å². The maximum absolute atomic E-state index is 12.2. The highest BCUT2D eigenvalue weighted by Gasteiger charge is 2.27. The standard InChI is InChI=1S/C17H18ClNO4/c1-11(2)15(19-16(20)14-4-3-9-22-14)17(21)23-10-12-5-7-13(18)8-6-12/h3-9,11,15H,10H2,1-2H3,(H,19,20)/t15-/m0/s1. The highest BCUT2D eigenvalue weighted by Crippen LogP contribution is 2.12. The zero-order valence-electron chi connectivity index (χ0n) is 12.9. The predicted molar refractivity (Wildman–Crippen MR) is 86.0 cm³/mol. The number of benzene rings is 1. The fourth-order valence-electron chi connectivity index (χ4n) is 1.94. The Balaban J connectivity index is 1.95. The summed E-state index contributed by atoms with van der Waals surface area (Å²) in [6.45, 7) is 3.78. The van der Waals surface area contributed by atoms with E-state index in [2.05, 4.69) is 5.32 Å². The van der Waals surface area contributed by atoms with Gasteiger partial charge in [-0.1, -0.05) is 37.6 Å². The molecule has 0 fully saturated rings. The molecule has 1 atom stereocenters. The summed E-state index contributed by atoms with van der Waals surface area (Å²) in [6, 6.07) is 9.40. The van der Waals surface area contributed by atoms with Crippen LogP contribution in [0.25, 0.3) is 0 Å². The third-order valence-electron chi connectivity index (χ3n) is 3.25. The summed E-state index contributed by atoms with van der Waals surface area (Å²) in [4.78, 5) is 24.2. The molecule has 6 heteroatoms. The summed E-state index contributed by atoms with van der Waals surface area (Å²) >= 11 is 5.81. The number of hydrogen-bond acceptors (Lipinski definition) is 4. The highest BCUT2D eigenvalue weighted by molar-refractivity contribution is 6.30. The van der Waals surface area contributed by atoms with Gasteiger partial charge in [-0.3, -0.25) is 4.79 Å². The number of hydrogen-bond donors (Lipinski definition) is 1. The molecule has 2 aromatic rings. The molecule has 2 rings (SSSR count). The summed E-state index contributed by atoms with van der Waals surface area (Å²) in [6.07, 6.45) is 1.40. The fraction of sp³-hybridized carbons (Fsp3) is 0.294. The van der Waals surface area contributed by atoms with Gasteiger partial charge in [0.15, 0.2) is 5.76 Å². The van der Waals surface area contributed by atoms with Crippen molar-refractivity contribution in [3.05, 3.63) is 59.0 Å². The van der Waals surface area contributed by atoms with Gasteiger partial charge in [0.2, 0.25) is 0 Å². The maximum Gasteiger partial charge on any atom is 0.329 e. The molecule has 0 aliphatic rings. The molecule has 23 heavy (non-hydrogen) atoms. The molecule has 0 aliphatic carbocycles. The number of carbonyl (C=O) groups excluding carboxylic acids is 2. The second-order valence-electron chi connectivity index (χ2n) is 5.41. The minimum atomic E-state index is -0.750. The number of rotatable bonds is 6. The van der Waals surface area contributed by atoms with Gasteiger partial charge in [-0.05, 0) is 35.7 Å². The monoisotopic (exact) mass is 335 g/mol. The van der Waals surface area contributed by atoms with Crippen LogP contribution < -0.4 is 5.32 Å². The van der Waals surface area contributed by atoms with Crippen molar-refractivity contribution < 1.29 is 18.7 Å². The number of furan rings is 1. The van der Waals surface area contributed by atoms with Crippen LogP contribution in [0.5, 0.6) is 0 Å². The SMILES string of the molecule is CC(C)[C@H](NC(=O)c1ccco1)C(=O)OCc1ccc(Cl)cc1. The van der Waals surface area contributed by atoms with Crippen molar-refractivity contribution in [1.82, 2.24) is 5.32 Å². The Labute approximate surface area is 139 Å². The third-order valence-corrected chi connectivity index (χ3v) is 3.50. The van der Waals surface area contributed by atoms with E-state index in [4.69, 9.17) is 20.8 Å². The van der Waals surface area contributed by atoms with Gasteiger partial charge < -0.3 is 14.5 Å². The highest BCUT2D eigenvalue weighted by atomic mass is 35.5. The van der Waals surface area contributed by atoms with Gasteiger partial charge in [-0.2, -0.15) is 0 Å². The van der Waals surface area contributed by atoms with Crippen LogP contribution in [0.3, 0.4) is 0 Å². The Morgan fingerprint density at radius 2 is 1.91 bits per heavy atom. The minimum absolute atomic E-state index is 0.119. The van der Waals surface area contributed by atoms with Crippen molar-refractivity contribution in [2.24, 2.45) is 5.92 Å². The van der Waals surface area contributed by atoms with E-state index in [0.29, 0.717) is 5.02 Å². The van der Waals surface area contributed by atoms with E-state index in [1.165, 1.54) is 12.3 Å². The van der Waals surface area contributed by atoms with Crippen LogP contribution >= 0.6 is 11.6 Å². The molecule has 1 aromatic heterocycles. The number of carbonyl (C=O) groups is 2. The van der Waals surface area contributed by atoms with Gasteiger partial charge in [0.1, 0.15) is 12.6 Å². The first kappa shape index (κ1) is 17.1. The molecule has 5 nitrogen and oxygen atoms in total. The smallest absolute Gasteiger partial charge is 0.329 e. The van der Waals surface area contributed by atoms with Crippen molar-refractivity contribution in [1.29, 1.82) is 0 Å². The first-order chi connectivity index (χ1) is 11.0. The molecule has 0 saturated heterocycles. The quantitative estimate of drug-likeness (QED) is 0.821. The molecule has 1 aromatic carbocycles. The second kappa shape index (κ2) is 7.83. The third kappa shape index (κ3) is 4.86. The Bertz CT molecular complexity index is 650. The molecular weight excluding hydrogens is 318 g/mol. The van der Waals surface area contributed by atoms with Crippen LogP contribution in [0.4, 0.5) is 0 Å².